The molecule has 0 unspecified atom stereocenters. The molecule has 5 aromatic rings. The van der Waals surface area contributed by atoms with E-state index in [1.807, 2.05) is 12.1 Å². The average molecular weight is 440 g/mol. The summed E-state index contributed by atoms with van der Waals surface area (Å²) in [6.07, 6.45) is 0. The summed E-state index contributed by atoms with van der Waals surface area (Å²) in [5.74, 6) is 0.837. The molecule has 0 saturated heterocycles. The van der Waals surface area contributed by atoms with E-state index in [1.54, 1.807) is 19.2 Å². The molecule has 2 heteroatoms. The Balaban J connectivity index is 0.000000206. The van der Waals surface area contributed by atoms with E-state index < -0.39 is 0 Å². The third-order valence-electron chi connectivity index (χ3n) is 7.02. The Hall–Kier alpha value is -4.30. The molecule has 7 rings (SSSR count). The van der Waals surface area contributed by atoms with Gasteiger partial charge >= 0.3 is 0 Å². The van der Waals surface area contributed by atoms with Crippen LogP contribution in [0.15, 0.2) is 121 Å². The Bertz CT molecular complexity index is 1310. The predicted octanol–water partition coefficient (Wildman–Crippen LogP) is 7.31. The van der Waals surface area contributed by atoms with Gasteiger partial charge in [0.05, 0.1) is 12.5 Å². The molecule has 0 saturated carbocycles. The highest BCUT2D eigenvalue weighted by molar-refractivity contribution is 5.94. The molecule has 0 fully saturated rings. The van der Waals surface area contributed by atoms with Crippen molar-refractivity contribution in [3.8, 4) is 28.0 Å². The molecule has 2 nitrogen and oxygen atoms in total. The van der Waals surface area contributed by atoms with Gasteiger partial charge in [-0.3, -0.25) is 0 Å². The van der Waals surface area contributed by atoms with Crippen molar-refractivity contribution in [2.45, 2.75) is 5.41 Å². The number of nitrogen functional groups attached to an aromatic ring is 1. The number of rotatable bonds is 1. The minimum atomic E-state index is -0.180. The van der Waals surface area contributed by atoms with E-state index in [4.69, 9.17) is 10.5 Å². The van der Waals surface area contributed by atoms with Crippen molar-refractivity contribution in [3.63, 3.8) is 0 Å². The van der Waals surface area contributed by atoms with Gasteiger partial charge < -0.3 is 10.5 Å². The van der Waals surface area contributed by atoms with E-state index in [1.165, 1.54) is 44.5 Å². The first-order valence-electron chi connectivity index (χ1n) is 11.5. The molecule has 2 aliphatic carbocycles. The lowest BCUT2D eigenvalue weighted by Crippen LogP contribution is -2.25. The van der Waals surface area contributed by atoms with Crippen molar-refractivity contribution in [2.75, 3.05) is 12.8 Å². The van der Waals surface area contributed by atoms with Gasteiger partial charge in [0, 0.05) is 5.69 Å². The first-order chi connectivity index (χ1) is 16.7. The zero-order valence-electron chi connectivity index (χ0n) is 19.0. The summed E-state index contributed by atoms with van der Waals surface area (Å²) >= 11 is 0. The second-order valence-corrected chi connectivity index (χ2v) is 8.71. The summed E-state index contributed by atoms with van der Waals surface area (Å²) in [5.41, 5.74) is 17.1. The maximum absolute atomic E-state index is 5.43. The Morgan fingerprint density at radius 2 is 0.794 bits per heavy atom. The topological polar surface area (TPSA) is 35.2 Å². The highest BCUT2D eigenvalue weighted by atomic mass is 16.5. The van der Waals surface area contributed by atoms with Crippen LogP contribution in [0.2, 0.25) is 0 Å². The van der Waals surface area contributed by atoms with Crippen LogP contribution < -0.4 is 10.5 Å². The molecule has 0 bridgehead atoms. The quantitative estimate of drug-likeness (QED) is 0.272. The SMILES string of the molecule is COc1ccc(N)cc1.c1ccc2c(c1)-c1ccccc1C21c2ccccc2-c2ccccc21. The van der Waals surface area contributed by atoms with Gasteiger partial charge in [0.1, 0.15) is 5.75 Å². The lowest BCUT2D eigenvalue weighted by atomic mass is 9.70. The first-order valence-corrected chi connectivity index (χ1v) is 11.5. The normalized spacial score (nSPS) is 13.2. The Morgan fingerprint density at radius 3 is 1.12 bits per heavy atom. The molecule has 164 valence electrons. The number of fused-ring (bicyclic) bond motifs is 10. The van der Waals surface area contributed by atoms with Crippen molar-refractivity contribution < 1.29 is 4.74 Å². The molecule has 0 aliphatic heterocycles. The third-order valence-corrected chi connectivity index (χ3v) is 7.02. The molecule has 0 radical (unpaired) electrons. The molecule has 34 heavy (non-hydrogen) atoms. The highest BCUT2D eigenvalue weighted by Crippen LogP contribution is 2.62. The van der Waals surface area contributed by atoms with E-state index >= 15 is 0 Å². The fraction of sp³-hybridized carbons (Fsp3) is 0.0625. The number of methoxy groups -OCH3 is 1. The molecule has 2 aliphatic rings. The Morgan fingerprint density at radius 1 is 0.471 bits per heavy atom. The lowest BCUT2D eigenvalue weighted by molar-refractivity contribution is 0.415. The molecule has 5 aromatic carbocycles. The number of ether oxygens (including phenoxy) is 1. The van der Waals surface area contributed by atoms with Crippen molar-refractivity contribution in [2.24, 2.45) is 0 Å². The van der Waals surface area contributed by atoms with Crippen molar-refractivity contribution in [3.05, 3.63) is 144 Å². The molecule has 2 N–H and O–H groups in total. The largest absolute Gasteiger partial charge is 0.497 e. The van der Waals surface area contributed by atoms with Gasteiger partial charge in [0.25, 0.3) is 0 Å². The Labute approximate surface area is 200 Å². The van der Waals surface area contributed by atoms with Gasteiger partial charge in [-0.2, -0.15) is 0 Å². The second kappa shape index (κ2) is 7.93. The van der Waals surface area contributed by atoms with Crippen molar-refractivity contribution in [1.82, 2.24) is 0 Å². The van der Waals surface area contributed by atoms with Crippen molar-refractivity contribution in [1.29, 1.82) is 0 Å². The molecule has 1 spiro atoms. The summed E-state index contributed by atoms with van der Waals surface area (Å²) < 4.78 is 4.91. The minimum absolute atomic E-state index is 0.180. The molecular formula is C32H25NO. The second-order valence-electron chi connectivity index (χ2n) is 8.71. The minimum Gasteiger partial charge on any atom is -0.497 e. The van der Waals surface area contributed by atoms with Crippen LogP contribution >= 0.6 is 0 Å². The number of nitrogens with two attached hydrogens (primary N) is 1. The van der Waals surface area contributed by atoms with Crippen LogP contribution in [-0.4, -0.2) is 7.11 Å². The lowest BCUT2D eigenvalue weighted by Gasteiger charge is -2.30. The summed E-state index contributed by atoms with van der Waals surface area (Å²) in [4.78, 5) is 0. The standard InChI is InChI=1S/C25H16.C7H9NO/c1-5-13-21-17(9-1)18-10-2-6-14-22(18)25(21)23-15-7-3-11-19(23)20-12-4-8-16-24(20)25;1-9-7-4-2-6(8)3-5-7/h1-16H;2-5H,8H2,1H3. The number of hydrogen-bond donors (Lipinski definition) is 1. The van der Waals surface area contributed by atoms with E-state index in [9.17, 15) is 0 Å². The molecular weight excluding hydrogens is 414 g/mol. The predicted molar refractivity (Wildman–Crippen MR) is 140 cm³/mol. The van der Waals surface area contributed by atoms with Gasteiger partial charge in [0.2, 0.25) is 0 Å². The van der Waals surface area contributed by atoms with Crippen molar-refractivity contribution >= 4 is 5.69 Å². The van der Waals surface area contributed by atoms with E-state index in [0.29, 0.717) is 0 Å². The first kappa shape index (κ1) is 20.3. The van der Waals surface area contributed by atoms with Crippen LogP contribution in [0, 0.1) is 0 Å². The number of benzene rings is 5. The molecule has 0 atom stereocenters. The van der Waals surface area contributed by atoms with Crippen LogP contribution in [0.25, 0.3) is 22.3 Å². The number of hydrogen-bond acceptors (Lipinski definition) is 2. The van der Waals surface area contributed by atoms with Gasteiger partial charge in [-0.25, -0.2) is 0 Å². The van der Waals surface area contributed by atoms with Crippen LogP contribution in [-0.2, 0) is 5.41 Å². The molecule has 0 aromatic heterocycles. The third kappa shape index (κ3) is 2.82. The molecule has 0 heterocycles. The summed E-state index contributed by atoms with van der Waals surface area (Å²) in [5, 5.41) is 0. The number of anilines is 1. The van der Waals surface area contributed by atoms with E-state index in [-0.39, 0.29) is 5.41 Å². The van der Waals surface area contributed by atoms with Gasteiger partial charge in [-0.1, -0.05) is 97.1 Å². The summed E-state index contributed by atoms with van der Waals surface area (Å²) in [6.45, 7) is 0. The van der Waals surface area contributed by atoms with Gasteiger partial charge in [0.15, 0.2) is 0 Å². The average Bonchev–Trinajstić information content (AvgIpc) is 3.37. The van der Waals surface area contributed by atoms with Crippen LogP contribution in [0.5, 0.6) is 5.75 Å². The Kier molecular flexibility index (Phi) is 4.74. The highest BCUT2D eigenvalue weighted by Gasteiger charge is 2.51. The van der Waals surface area contributed by atoms with Crippen LogP contribution in [0.4, 0.5) is 5.69 Å². The van der Waals surface area contributed by atoms with E-state index in [0.717, 1.165) is 11.4 Å². The van der Waals surface area contributed by atoms with Crippen LogP contribution in [0.1, 0.15) is 22.3 Å². The van der Waals surface area contributed by atoms with Gasteiger partial charge in [-0.15, -0.1) is 0 Å². The van der Waals surface area contributed by atoms with Gasteiger partial charge in [-0.05, 0) is 68.8 Å². The fourth-order valence-electron chi connectivity index (χ4n) is 5.65. The molecule has 0 amide bonds. The maximum atomic E-state index is 5.43. The zero-order valence-corrected chi connectivity index (χ0v) is 19.0. The fourth-order valence-corrected chi connectivity index (χ4v) is 5.65. The monoisotopic (exact) mass is 439 g/mol. The summed E-state index contributed by atoms with van der Waals surface area (Å²) in [6, 6.07) is 42.9. The zero-order chi connectivity index (χ0) is 23.1. The smallest absolute Gasteiger partial charge is 0.119 e. The summed E-state index contributed by atoms with van der Waals surface area (Å²) in [7, 11) is 1.63. The van der Waals surface area contributed by atoms with Crippen LogP contribution in [0.3, 0.4) is 0 Å². The maximum Gasteiger partial charge on any atom is 0.119 e. The van der Waals surface area contributed by atoms with E-state index in [2.05, 4.69) is 97.1 Å².